The van der Waals surface area contributed by atoms with Crippen LogP contribution in [0.25, 0.3) is 11.4 Å². The van der Waals surface area contributed by atoms with Crippen LogP contribution in [0.4, 0.5) is 0 Å². The van der Waals surface area contributed by atoms with Crippen LogP contribution in [0.3, 0.4) is 0 Å². The third-order valence-corrected chi connectivity index (χ3v) is 3.81. The number of hydrogen-bond donors (Lipinski definition) is 1. The van der Waals surface area contributed by atoms with Gasteiger partial charge in [0.2, 0.25) is 5.82 Å². The van der Waals surface area contributed by atoms with Gasteiger partial charge in [-0.3, -0.25) is 0 Å². The molecule has 0 amide bonds. The minimum absolute atomic E-state index is 0.0784. The van der Waals surface area contributed by atoms with Gasteiger partial charge in [-0.15, -0.1) is 0 Å². The van der Waals surface area contributed by atoms with Crippen LogP contribution in [0.5, 0.6) is 17.2 Å². The molecule has 8 nitrogen and oxygen atoms in total. The Balaban J connectivity index is 1.71. The van der Waals surface area contributed by atoms with Crippen molar-refractivity contribution < 1.29 is 28.6 Å². The zero-order valence-electron chi connectivity index (χ0n) is 15.1. The lowest BCUT2D eigenvalue weighted by Gasteiger charge is -2.07. The summed E-state index contributed by atoms with van der Waals surface area (Å²) in [5.74, 6) is 0.726. The molecule has 0 saturated heterocycles. The summed E-state index contributed by atoms with van der Waals surface area (Å²) in [6, 6.07) is 9.87. The maximum atomic E-state index is 12.1. The van der Waals surface area contributed by atoms with E-state index in [1.165, 1.54) is 13.2 Å². The predicted molar refractivity (Wildman–Crippen MR) is 94.8 cm³/mol. The highest BCUT2D eigenvalue weighted by atomic mass is 16.6. The molecule has 0 atom stereocenters. The first kappa shape index (κ1) is 18.2. The normalized spacial score (nSPS) is 10.5. The molecule has 8 heteroatoms. The van der Waals surface area contributed by atoms with Gasteiger partial charge in [0, 0.05) is 5.56 Å². The van der Waals surface area contributed by atoms with E-state index in [9.17, 15) is 9.90 Å². The summed E-state index contributed by atoms with van der Waals surface area (Å²) in [6.07, 6.45) is 0. The van der Waals surface area contributed by atoms with E-state index in [2.05, 4.69) is 10.1 Å². The minimum Gasteiger partial charge on any atom is -0.507 e. The fraction of sp³-hybridized carbons (Fsp3) is 0.211. The Morgan fingerprint density at radius 1 is 1.11 bits per heavy atom. The SMILES string of the molecule is COc1ccc(-c2noc(COC(=O)c3cc(C)ccc3O)n2)cc1OC. The molecule has 0 bridgehead atoms. The third-order valence-electron chi connectivity index (χ3n) is 3.81. The van der Waals surface area contributed by atoms with Crippen molar-refractivity contribution in [1.29, 1.82) is 0 Å². The maximum absolute atomic E-state index is 12.1. The summed E-state index contributed by atoms with van der Waals surface area (Å²) in [7, 11) is 3.08. The monoisotopic (exact) mass is 370 g/mol. The molecule has 3 rings (SSSR count). The van der Waals surface area contributed by atoms with E-state index < -0.39 is 5.97 Å². The van der Waals surface area contributed by atoms with Crippen molar-refractivity contribution in [2.75, 3.05) is 14.2 Å². The van der Waals surface area contributed by atoms with Crippen molar-refractivity contribution >= 4 is 5.97 Å². The smallest absolute Gasteiger partial charge is 0.342 e. The van der Waals surface area contributed by atoms with Crippen LogP contribution >= 0.6 is 0 Å². The number of aromatic hydroxyl groups is 1. The summed E-state index contributed by atoms with van der Waals surface area (Å²) in [6.45, 7) is 1.59. The Labute approximate surface area is 155 Å². The first-order valence-corrected chi connectivity index (χ1v) is 8.03. The fourth-order valence-corrected chi connectivity index (χ4v) is 2.42. The van der Waals surface area contributed by atoms with Crippen LogP contribution in [0, 0.1) is 6.92 Å². The van der Waals surface area contributed by atoms with Crippen molar-refractivity contribution in [2.24, 2.45) is 0 Å². The Hall–Kier alpha value is -3.55. The number of ether oxygens (including phenoxy) is 3. The molecule has 140 valence electrons. The van der Waals surface area contributed by atoms with E-state index in [-0.39, 0.29) is 23.8 Å². The first-order valence-electron chi connectivity index (χ1n) is 8.03. The molecular weight excluding hydrogens is 352 g/mol. The number of phenolic OH excluding ortho intramolecular Hbond substituents is 1. The van der Waals surface area contributed by atoms with Crippen LogP contribution in [0.15, 0.2) is 40.9 Å². The Morgan fingerprint density at radius 2 is 1.89 bits per heavy atom. The first-order chi connectivity index (χ1) is 13.0. The molecule has 27 heavy (non-hydrogen) atoms. The van der Waals surface area contributed by atoms with Gasteiger partial charge in [-0.1, -0.05) is 16.8 Å². The second-order valence-corrected chi connectivity index (χ2v) is 5.68. The van der Waals surface area contributed by atoms with Gasteiger partial charge in [-0.2, -0.15) is 4.98 Å². The molecule has 0 fully saturated rings. The average Bonchev–Trinajstić information content (AvgIpc) is 3.16. The average molecular weight is 370 g/mol. The number of carbonyl (C=O) groups excluding carboxylic acids is 1. The van der Waals surface area contributed by atoms with Crippen molar-refractivity contribution in [1.82, 2.24) is 10.1 Å². The molecule has 2 aromatic carbocycles. The highest BCUT2D eigenvalue weighted by Gasteiger charge is 2.16. The summed E-state index contributed by atoms with van der Waals surface area (Å²) in [5, 5.41) is 13.6. The third kappa shape index (κ3) is 4.00. The van der Waals surface area contributed by atoms with Gasteiger partial charge >= 0.3 is 5.97 Å². The summed E-state index contributed by atoms with van der Waals surface area (Å²) >= 11 is 0. The fourth-order valence-electron chi connectivity index (χ4n) is 2.42. The van der Waals surface area contributed by atoms with Crippen LogP contribution in [0.2, 0.25) is 0 Å². The van der Waals surface area contributed by atoms with Crippen LogP contribution in [-0.4, -0.2) is 35.4 Å². The van der Waals surface area contributed by atoms with E-state index in [0.717, 1.165) is 5.56 Å². The molecule has 0 radical (unpaired) electrons. The lowest BCUT2D eigenvalue weighted by atomic mass is 10.1. The lowest BCUT2D eigenvalue weighted by molar-refractivity contribution is 0.0426. The molecule has 1 heterocycles. The number of esters is 1. The molecular formula is C19H18N2O6. The van der Waals surface area contributed by atoms with Gasteiger partial charge in [-0.05, 0) is 37.3 Å². The van der Waals surface area contributed by atoms with Crippen LogP contribution in [0.1, 0.15) is 21.8 Å². The summed E-state index contributed by atoms with van der Waals surface area (Å²) < 4.78 is 20.7. The number of rotatable bonds is 6. The molecule has 0 aliphatic heterocycles. The van der Waals surface area contributed by atoms with Gasteiger partial charge in [0.1, 0.15) is 11.3 Å². The molecule has 0 saturated carbocycles. The van der Waals surface area contributed by atoms with Crippen molar-refractivity contribution in [3.8, 4) is 28.6 Å². The van der Waals surface area contributed by atoms with E-state index in [4.69, 9.17) is 18.7 Å². The van der Waals surface area contributed by atoms with E-state index >= 15 is 0 Å². The van der Waals surface area contributed by atoms with Crippen molar-refractivity contribution in [3.05, 3.63) is 53.4 Å². The molecule has 3 aromatic rings. The van der Waals surface area contributed by atoms with E-state index in [1.54, 1.807) is 37.4 Å². The Morgan fingerprint density at radius 3 is 2.63 bits per heavy atom. The van der Waals surface area contributed by atoms with Crippen LogP contribution < -0.4 is 9.47 Å². The highest BCUT2D eigenvalue weighted by Crippen LogP contribution is 2.31. The van der Waals surface area contributed by atoms with Gasteiger partial charge < -0.3 is 23.8 Å². The Bertz CT molecular complexity index is 967. The number of benzene rings is 2. The maximum Gasteiger partial charge on any atom is 0.342 e. The van der Waals surface area contributed by atoms with E-state index in [1.807, 2.05) is 6.92 Å². The molecule has 0 aliphatic rings. The second kappa shape index (κ2) is 7.77. The summed E-state index contributed by atoms with van der Waals surface area (Å²) in [4.78, 5) is 16.3. The predicted octanol–water partition coefficient (Wildman–Crippen LogP) is 3.12. The molecule has 1 aromatic heterocycles. The van der Waals surface area contributed by atoms with Gasteiger partial charge in [-0.25, -0.2) is 4.79 Å². The summed E-state index contributed by atoms with van der Waals surface area (Å²) in [5.41, 5.74) is 1.56. The zero-order valence-corrected chi connectivity index (χ0v) is 15.1. The number of aromatic nitrogens is 2. The molecule has 1 N–H and O–H groups in total. The lowest BCUT2D eigenvalue weighted by Crippen LogP contribution is -2.06. The van der Waals surface area contributed by atoms with Crippen molar-refractivity contribution in [3.63, 3.8) is 0 Å². The molecule has 0 aliphatic carbocycles. The van der Waals surface area contributed by atoms with Gasteiger partial charge in [0.25, 0.3) is 5.89 Å². The number of phenols is 1. The van der Waals surface area contributed by atoms with Crippen molar-refractivity contribution in [2.45, 2.75) is 13.5 Å². The van der Waals surface area contributed by atoms with Gasteiger partial charge in [0.05, 0.1) is 14.2 Å². The second-order valence-electron chi connectivity index (χ2n) is 5.68. The zero-order chi connectivity index (χ0) is 19.4. The number of methoxy groups -OCH3 is 2. The topological polar surface area (TPSA) is 104 Å². The van der Waals surface area contributed by atoms with Crippen LogP contribution in [-0.2, 0) is 11.3 Å². The van der Waals surface area contributed by atoms with Gasteiger partial charge in [0.15, 0.2) is 18.1 Å². The largest absolute Gasteiger partial charge is 0.507 e. The molecule has 0 unspecified atom stereocenters. The number of nitrogens with zero attached hydrogens (tertiary/aromatic N) is 2. The Kier molecular flexibility index (Phi) is 5.25. The highest BCUT2D eigenvalue weighted by molar-refractivity contribution is 5.92. The number of hydrogen-bond acceptors (Lipinski definition) is 8. The number of carbonyl (C=O) groups is 1. The van der Waals surface area contributed by atoms with E-state index in [0.29, 0.717) is 22.9 Å². The molecule has 0 spiro atoms. The minimum atomic E-state index is -0.679. The standard InChI is InChI=1S/C19H18N2O6/c1-11-4-6-14(22)13(8-11)19(23)26-10-17-20-18(21-27-17)12-5-7-15(24-2)16(9-12)25-3/h4-9,22H,10H2,1-3H3. The number of aryl methyl sites for hydroxylation is 1. The quantitative estimate of drug-likeness (QED) is 0.660.